The summed E-state index contributed by atoms with van der Waals surface area (Å²) < 4.78 is 17.6. The summed E-state index contributed by atoms with van der Waals surface area (Å²) >= 11 is 0. The van der Waals surface area contributed by atoms with E-state index in [4.69, 9.17) is 14.7 Å². The number of hydrogen-bond acceptors (Lipinski definition) is 6. The van der Waals surface area contributed by atoms with E-state index in [0.29, 0.717) is 48.9 Å². The normalized spacial score (nSPS) is 15.8. The number of fused-ring (bicyclic) bond motifs is 2. The second-order valence-electron chi connectivity index (χ2n) is 14.7. The van der Waals surface area contributed by atoms with Crippen LogP contribution in [-0.4, -0.2) is 80.8 Å². The van der Waals surface area contributed by atoms with Gasteiger partial charge in [0.2, 0.25) is 11.2 Å². The van der Waals surface area contributed by atoms with Crippen LogP contribution >= 0.6 is 0 Å². The minimum atomic E-state index is -0.322. The maximum absolute atomic E-state index is 13.9. The Morgan fingerprint density at radius 1 is 0.727 bits per heavy atom. The molecule has 5 heterocycles. The van der Waals surface area contributed by atoms with Crippen LogP contribution in [0.4, 0.5) is 0 Å². The van der Waals surface area contributed by atoms with Gasteiger partial charge in [0.25, 0.3) is 11.8 Å². The summed E-state index contributed by atoms with van der Waals surface area (Å²) in [7, 11) is 3.95. The summed E-state index contributed by atoms with van der Waals surface area (Å²) in [5.74, 6) is -0.642. The van der Waals surface area contributed by atoms with Gasteiger partial charge in [0.15, 0.2) is 0 Å². The lowest BCUT2D eigenvalue weighted by Crippen LogP contribution is -2.36. The van der Waals surface area contributed by atoms with E-state index in [0.717, 1.165) is 65.9 Å². The minimum absolute atomic E-state index is 0.0229. The maximum Gasteiger partial charge on any atom is 0.298 e. The number of rotatable bonds is 11. The molecule has 290 valence electrons. The fourth-order valence-corrected chi connectivity index (χ4v) is 8.02. The summed E-state index contributed by atoms with van der Waals surface area (Å²) in [5, 5.41) is 9.00. The van der Waals surface area contributed by atoms with Crippen molar-refractivity contribution in [2.45, 2.75) is 86.1 Å². The molecule has 0 aliphatic carbocycles. The predicted molar refractivity (Wildman–Crippen MR) is 212 cm³/mol. The SMILES string of the molecule is CCn1nc(C)cc1C(=O)N=c1n(C)c2cccc(CN3CCOCC3)c2n1[C@H](C)CC[C@@H](C)n1/c(=N/C(=O)c2cc(C)nn2CC)n(C)c2ccccc21. The van der Waals surface area contributed by atoms with E-state index in [1.54, 1.807) is 15.4 Å². The zero-order valence-electron chi connectivity index (χ0n) is 33.4. The molecule has 2 amide bonds. The number of imidazole rings is 2. The van der Waals surface area contributed by atoms with Crippen LogP contribution in [0, 0.1) is 13.8 Å². The van der Waals surface area contributed by atoms with Gasteiger partial charge in [-0.1, -0.05) is 24.3 Å². The summed E-state index contributed by atoms with van der Waals surface area (Å²) in [4.78, 5) is 39.7. The van der Waals surface area contributed by atoms with Crippen molar-refractivity contribution in [2.75, 3.05) is 26.3 Å². The number of ether oxygens (including phenoxy) is 1. The number of carbonyl (C=O) groups excluding carboxylic acids is 2. The minimum Gasteiger partial charge on any atom is -0.379 e. The standard InChI is InChI=1S/C41H53N11O3/c1-9-49-35(24-27(3)44-49)38(53)42-40-46(7)32-15-11-12-16-33(32)51(40)29(5)18-19-30(6)52-37-31(26-48-20-22-55-23-21-48)14-13-17-34(37)47(8)41(52)43-39(54)36-25-28(4)45-50(36)10-2/h11-17,24-25,29-30H,9-10,18-23,26H2,1-8H3/b42-40+,43-41?/t29-,30-/m1/s1. The number of aromatic nitrogens is 8. The highest BCUT2D eigenvalue weighted by Crippen LogP contribution is 2.28. The van der Waals surface area contributed by atoms with Crippen LogP contribution in [0.3, 0.4) is 0 Å². The zero-order valence-corrected chi connectivity index (χ0v) is 33.4. The molecule has 0 spiro atoms. The van der Waals surface area contributed by atoms with Crippen LogP contribution in [-0.2, 0) is 38.5 Å². The molecule has 2 aromatic carbocycles. The van der Waals surface area contributed by atoms with Gasteiger partial charge >= 0.3 is 0 Å². The van der Waals surface area contributed by atoms with Crippen LogP contribution in [0.5, 0.6) is 0 Å². The van der Waals surface area contributed by atoms with E-state index in [2.05, 4.69) is 68.4 Å². The highest BCUT2D eigenvalue weighted by molar-refractivity contribution is 5.94. The summed E-state index contributed by atoms with van der Waals surface area (Å²) in [6.45, 7) is 17.2. The zero-order chi connectivity index (χ0) is 39.0. The number of hydrogen-bond donors (Lipinski definition) is 0. The molecule has 4 aromatic heterocycles. The quantitative estimate of drug-likeness (QED) is 0.179. The third kappa shape index (κ3) is 7.28. The number of para-hydroxylation sites is 3. The molecule has 1 aliphatic rings. The van der Waals surface area contributed by atoms with Crippen molar-refractivity contribution in [3.8, 4) is 0 Å². The van der Waals surface area contributed by atoms with Crippen molar-refractivity contribution in [1.82, 2.24) is 42.7 Å². The molecular weight excluding hydrogens is 695 g/mol. The maximum atomic E-state index is 13.9. The third-order valence-corrected chi connectivity index (χ3v) is 10.9. The number of benzene rings is 2. The molecule has 2 atom stereocenters. The van der Waals surface area contributed by atoms with Gasteiger partial charge in [0.05, 0.1) is 46.7 Å². The Labute approximate surface area is 321 Å². The lowest BCUT2D eigenvalue weighted by molar-refractivity contribution is 0.0343. The second kappa shape index (κ2) is 15.8. The van der Waals surface area contributed by atoms with Crippen LogP contribution in [0.25, 0.3) is 22.1 Å². The van der Waals surface area contributed by atoms with Crippen LogP contribution in [0.1, 0.15) is 90.5 Å². The van der Waals surface area contributed by atoms with Crippen molar-refractivity contribution in [2.24, 2.45) is 24.1 Å². The van der Waals surface area contributed by atoms with E-state index >= 15 is 0 Å². The van der Waals surface area contributed by atoms with E-state index in [1.807, 2.05) is 69.1 Å². The first-order chi connectivity index (χ1) is 26.5. The lowest BCUT2D eigenvalue weighted by atomic mass is 10.1. The topological polar surface area (TPSA) is 127 Å². The Morgan fingerprint density at radius 3 is 1.82 bits per heavy atom. The fourth-order valence-electron chi connectivity index (χ4n) is 8.02. The molecule has 55 heavy (non-hydrogen) atoms. The Kier molecular flexibility index (Phi) is 10.9. The van der Waals surface area contributed by atoms with E-state index in [1.165, 1.54) is 5.56 Å². The number of aryl methyl sites for hydroxylation is 6. The molecule has 6 aromatic rings. The summed E-state index contributed by atoms with van der Waals surface area (Å²) in [6.07, 6.45) is 1.54. The first-order valence-electron chi connectivity index (χ1n) is 19.4. The van der Waals surface area contributed by atoms with Crippen molar-refractivity contribution in [3.63, 3.8) is 0 Å². The van der Waals surface area contributed by atoms with Crippen LogP contribution in [0.2, 0.25) is 0 Å². The number of morpholine rings is 1. The predicted octanol–water partition coefficient (Wildman–Crippen LogP) is 5.24. The van der Waals surface area contributed by atoms with Crippen molar-refractivity contribution in [1.29, 1.82) is 0 Å². The number of carbonyl (C=O) groups is 2. The van der Waals surface area contributed by atoms with Crippen molar-refractivity contribution < 1.29 is 14.3 Å². The lowest BCUT2D eigenvalue weighted by Gasteiger charge is -2.27. The molecule has 0 radical (unpaired) electrons. The fraction of sp³-hybridized carbons (Fsp3) is 0.463. The Balaban J connectivity index is 1.30. The smallest absolute Gasteiger partial charge is 0.298 e. The van der Waals surface area contributed by atoms with Crippen molar-refractivity contribution >= 4 is 33.9 Å². The van der Waals surface area contributed by atoms with Gasteiger partial charge in [-0.15, -0.1) is 0 Å². The van der Waals surface area contributed by atoms with E-state index < -0.39 is 0 Å². The molecule has 14 nitrogen and oxygen atoms in total. The molecule has 7 rings (SSSR count). The summed E-state index contributed by atoms with van der Waals surface area (Å²) in [6, 6.07) is 18.1. The highest BCUT2D eigenvalue weighted by atomic mass is 16.5. The highest BCUT2D eigenvalue weighted by Gasteiger charge is 2.24. The van der Waals surface area contributed by atoms with Gasteiger partial charge in [0.1, 0.15) is 11.4 Å². The third-order valence-electron chi connectivity index (χ3n) is 10.9. The molecule has 1 fully saturated rings. The molecule has 14 heteroatoms. The van der Waals surface area contributed by atoms with Gasteiger partial charge < -0.3 is 23.0 Å². The molecular formula is C41H53N11O3. The molecule has 0 saturated carbocycles. The Morgan fingerprint density at radius 2 is 1.24 bits per heavy atom. The largest absolute Gasteiger partial charge is 0.379 e. The average molecular weight is 748 g/mol. The molecule has 1 saturated heterocycles. The van der Waals surface area contributed by atoms with Gasteiger partial charge in [0, 0.05) is 58.9 Å². The van der Waals surface area contributed by atoms with Crippen LogP contribution < -0.4 is 11.2 Å². The number of nitrogens with zero attached hydrogens (tertiary/aromatic N) is 11. The van der Waals surface area contributed by atoms with Gasteiger partial charge in [-0.3, -0.25) is 23.9 Å². The van der Waals surface area contributed by atoms with Crippen molar-refractivity contribution in [3.05, 3.63) is 94.2 Å². The van der Waals surface area contributed by atoms with E-state index in [-0.39, 0.29) is 23.9 Å². The van der Waals surface area contributed by atoms with E-state index in [9.17, 15) is 9.59 Å². The number of amides is 2. The monoisotopic (exact) mass is 747 g/mol. The molecule has 0 unspecified atom stereocenters. The van der Waals surface area contributed by atoms with Gasteiger partial charge in [-0.2, -0.15) is 20.2 Å². The summed E-state index contributed by atoms with van der Waals surface area (Å²) in [5.41, 5.74) is 8.97. The second-order valence-corrected chi connectivity index (χ2v) is 14.7. The van der Waals surface area contributed by atoms with Gasteiger partial charge in [-0.25, -0.2) is 0 Å². The first-order valence-corrected chi connectivity index (χ1v) is 19.4. The molecule has 0 bridgehead atoms. The Hall–Kier alpha value is -5.34. The first kappa shape index (κ1) is 38.0. The van der Waals surface area contributed by atoms with Crippen LogP contribution in [0.15, 0.2) is 64.6 Å². The average Bonchev–Trinajstić information content (AvgIpc) is 3.92. The van der Waals surface area contributed by atoms with Gasteiger partial charge in [-0.05, 0) is 90.3 Å². The Bertz CT molecular complexity index is 2510. The molecule has 1 aliphatic heterocycles. The molecule has 0 N–H and O–H groups in total.